The van der Waals surface area contributed by atoms with Gasteiger partial charge in [0.05, 0.1) is 16.3 Å². The smallest absolute Gasteiger partial charge is 0.356 e. The van der Waals surface area contributed by atoms with Gasteiger partial charge in [0.15, 0.2) is 25.2 Å². The Hall–Kier alpha value is -3.22. The molecule has 3 heterocycles. The number of Topliss-reactive ketones (excluding diaryl/α,β-unsaturated/α-hetero) is 1. The van der Waals surface area contributed by atoms with Gasteiger partial charge in [-0.05, 0) is 37.2 Å². The van der Waals surface area contributed by atoms with E-state index in [2.05, 4.69) is 10.1 Å². The molecule has 10 nitrogen and oxygen atoms in total. The molecular weight excluding hydrogens is 715 g/mol. The van der Waals surface area contributed by atoms with Crippen LogP contribution in [0.5, 0.6) is 0 Å². The molecule has 0 N–H and O–H groups in total. The zero-order chi connectivity index (χ0) is 34.5. The molecule has 3 aromatic rings. The van der Waals surface area contributed by atoms with Crippen molar-refractivity contribution in [1.29, 1.82) is 0 Å². The van der Waals surface area contributed by atoms with Crippen LogP contribution in [0.1, 0.15) is 41.3 Å². The normalized spacial score (nSPS) is 18.9. The van der Waals surface area contributed by atoms with Crippen molar-refractivity contribution in [3.8, 4) is 0 Å². The monoisotopic (exact) mass is 743 g/mol. The number of hydrogen-bond donors (Lipinski definition) is 0. The summed E-state index contributed by atoms with van der Waals surface area (Å²) in [5.41, 5.74) is 1.96. The quantitative estimate of drug-likeness (QED) is 0.0384. The minimum atomic E-state index is -1.52. The van der Waals surface area contributed by atoms with Crippen LogP contribution >= 0.6 is 54.3 Å². The molecule has 1 saturated heterocycles. The molecule has 4 atom stereocenters. The molecule has 248 valence electrons. The SMILES string of the molecule is [B]P(C)OC(=O)C1=C(CCl)CSC2[C@H](CC(=O)/C(=N\O[C@@H](C)C(=O)OC(c3ccccc3)c3ccccc3)c3nc(C)sc3Cl)C(=O)N12. The van der Waals surface area contributed by atoms with Gasteiger partial charge in [0.1, 0.15) is 15.7 Å². The average Bonchev–Trinajstić information content (AvgIpc) is 3.42. The number of ketones is 1. The Morgan fingerprint density at radius 1 is 1.12 bits per heavy atom. The standard InChI is InChI=1S/C32H29BCl2N3O7PS2/c1-17(31(41)43-27(19-10-6-4-7-11-19)20-12-8-5-9-13-20)44-37-24(25-28(35)48-18(2)36-25)23(39)14-22-29(40)38-26(32(42)45-46(3)33)21(15-34)16-47-30(22)38/h4-13,17,22,27,30H,14-16H2,1-3H3/b37-24+/t17-,22+,30?,46?/m0/s1. The van der Waals surface area contributed by atoms with Crippen molar-refractivity contribution in [2.24, 2.45) is 11.1 Å². The Balaban J connectivity index is 1.34. The van der Waals surface area contributed by atoms with Gasteiger partial charge >= 0.3 is 11.9 Å². The predicted octanol–water partition coefficient (Wildman–Crippen LogP) is 6.18. The number of amides is 1. The molecule has 0 saturated carbocycles. The third-order valence-electron chi connectivity index (χ3n) is 7.40. The molecular formula is C32H29BCl2N3O7PS2. The van der Waals surface area contributed by atoms with E-state index in [1.165, 1.54) is 23.6 Å². The fraction of sp³-hybridized carbons (Fsp3) is 0.312. The molecule has 2 radical (unpaired) electrons. The van der Waals surface area contributed by atoms with Gasteiger partial charge in [-0.25, -0.2) is 14.6 Å². The number of aryl methyl sites for hydroxylation is 1. The number of carbonyl (C=O) groups is 4. The van der Waals surface area contributed by atoms with Crippen molar-refractivity contribution in [2.45, 2.75) is 37.9 Å². The maximum atomic E-state index is 13.8. The van der Waals surface area contributed by atoms with Gasteiger partial charge in [0.25, 0.3) is 0 Å². The van der Waals surface area contributed by atoms with Crippen LogP contribution in [0.25, 0.3) is 0 Å². The lowest BCUT2D eigenvalue weighted by Crippen LogP contribution is -2.62. The summed E-state index contributed by atoms with van der Waals surface area (Å²) in [6.45, 7) is 4.72. The molecule has 1 amide bonds. The van der Waals surface area contributed by atoms with Crippen molar-refractivity contribution in [1.82, 2.24) is 9.88 Å². The summed E-state index contributed by atoms with van der Waals surface area (Å²) < 4.78 is 11.3. The van der Waals surface area contributed by atoms with Gasteiger partial charge in [0, 0.05) is 26.1 Å². The van der Waals surface area contributed by atoms with Crippen LogP contribution in [0, 0.1) is 12.8 Å². The number of benzene rings is 2. The number of carbonyl (C=O) groups excluding carboxylic acids is 4. The predicted molar refractivity (Wildman–Crippen MR) is 188 cm³/mol. The summed E-state index contributed by atoms with van der Waals surface area (Å²) in [7, 11) is 4.18. The number of aromatic nitrogens is 1. The van der Waals surface area contributed by atoms with Gasteiger partial charge in [-0.15, -0.1) is 34.7 Å². The molecule has 16 heteroatoms. The number of halogens is 2. The lowest BCUT2D eigenvalue weighted by atomic mass is 9.89. The Morgan fingerprint density at radius 3 is 2.29 bits per heavy atom. The van der Waals surface area contributed by atoms with E-state index in [0.29, 0.717) is 16.3 Å². The summed E-state index contributed by atoms with van der Waals surface area (Å²) in [6.07, 6.45) is -2.21. The van der Waals surface area contributed by atoms with Gasteiger partial charge in [-0.1, -0.05) is 77.4 Å². The molecule has 1 aromatic heterocycles. The zero-order valence-corrected chi connectivity index (χ0v) is 30.0. The molecule has 48 heavy (non-hydrogen) atoms. The zero-order valence-electron chi connectivity index (χ0n) is 26.0. The van der Waals surface area contributed by atoms with Crippen molar-refractivity contribution in [3.05, 3.63) is 98.1 Å². The molecule has 2 aliphatic heterocycles. The highest BCUT2D eigenvalue weighted by Gasteiger charge is 2.54. The first kappa shape index (κ1) is 36.1. The number of alkyl halides is 1. The van der Waals surface area contributed by atoms with Crippen LogP contribution in [0.4, 0.5) is 0 Å². The number of oxime groups is 1. The second-order valence-corrected chi connectivity index (χ2v) is 15.3. The highest BCUT2D eigenvalue weighted by atomic mass is 35.5. The van der Waals surface area contributed by atoms with E-state index in [4.69, 9.17) is 44.9 Å². The van der Waals surface area contributed by atoms with Crippen molar-refractivity contribution in [2.75, 3.05) is 18.3 Å². The third-order valence-corrected chi connectivity index (χ3v) is 10.7. The van der Waals surface area contributed by atoms with Crippen LogP contribution in [-0.4, -0.2) is 76.6 Å². The molecule has 2 aliphatic rings. The third kappa shape index (κ3) is 7.97. The minimum absolute atomic E-state index is 0.0254. The van der Waals surface area contributed by atoms with E-state index in [-0.39, 0.29) is 33.7 Å². The van der Waals surface area contributed by atoms with E-state index in [0.717, 1.165) is 22.5 Å². The number of nitrogens with zero attached hydrogens (tertiary/aromatic N) is 3. The molecule has 0 bridgehead atoms. The first-order valence-corrected chi connectivity index (χ1v) is 19.2. The van der Waals surface area contributed by atoms with Crippen LogP contribution in [0.2, 0.25) is 4.34 Å². The highest BCUT2D eigenvalue weighted by Crippen LogP contribution is 2.46. The lowest BCUT2D eigenvalue weighted by Gasteiger charge is -2.49. The summed E-state index contributed by atoms with van der Waals surface area (Å²) in [6, 6.07) is 18.5. The van der Waals surface area contributed by atoms with Crippen LogP contribution < -0.4 is 0 Å². The van der Waals surface area contributed by atoms with E-state index in [1.54, 1.807) is 13.6 Å². The lowest BCUT2D eigenvalue weighted by molar-refractivity contribution is -0.160. The van der Waals surface area contributed by atoms with Crippen LogP contribution in [0.15, 0.2) is 77.1 Å². The molecule has 2 unspecified atom stereocenters. The molecule has 1 fully saturated rings. The molecule has 0 spiro atoms. The maximum absolute atomic E-state index is 13.8. The first-order chi connectivity index (χ1) is 23.0. The Labute approximate surface area is 298 Å². The van der Waals surface area contributed by atoms with Crippen LogP contribution in [0.3, 0.4) is 0 Å². The second-order valence-electron chi connectivity index (χ2n) is 10.8. The molecule has 0 aliphatic carbocycles. The fourth-order valence-electron chi connectivity index (χ4n) is 5.13. The second kappa shape index (κ2) is 16.0. The van der Waals surface area contributed by atoms with E-state index in [9.17, 15) is 19.2 Å². The first-order valence-electron chi connectivity index (χ1n) is 14.6. The van der Waals surface area contributed by atoms with E-state index < -0.39 is 55.2 Å². The van der Waals surface area contributed by atoms with Crippen molar-refractivity contribution in [3.63, 3.8) is 0 Å². The van der Waals surface area contributed by atoms with Gasteiger partial charge < -0.3 is 14.1 Å². The Kier molecular flexibility index (Phi) is 12.0. The van der Waals surface area contributed by atoms with E-state index in [1.807, 2.05) is 60.7 Å². The van der Waals surface area contributed by atoms with Gasteiger partial charge in [-0.3, -0.25) is 14.5 Å². The van der Waals surface area contributed by atoms with E-state index >= 15 is 0 Å². The number of esters is 1. The number of hydrogen-bond acceptors (Lipinski definition) is 11. The molecule has 2 aromatic carbocycles. The maximum Gasteiger partial charge on any atom is 0.356 e. The van der Waals surface area contributed by atoms with Gasteiger partial charge in [0.2, 0.25) is 12.0 Å². The largest absolute Gasteiger partial charge is 0.452 e. The summed E-state index contributed by atoms with van der Waals surface area (Å²) in [5, 5.41) is 4.12. The van der Waals surface area contributed by atoms with Crippen molar-refractivity contribution >= 4 is 91.2 Å². The number of β-lactam (4-membered cyclic amide) rings is 1. The van der Waals surface area contributed by atoms with Gasteiger partial charge in [-0.2, -0.15) is 0 Å². The average molecular weight is 744 g/mol. The highest BCUT2D eigenvalue weighted by molar-refractivity contribution is 8.00. The molecule has 5 rings (SSSR count). The number of thiazole rings is 1. The summed E-state index contributed by atoms with van der Waals surface area (Å²) in [5.74, 6) is -2.87. The topological polar surface area (TPSA) is 124 Å². The Bertz CT molecular complexity index is 1720. The summed E-state index contributed by atoms with van der Waals surface area (Å²) in [4.78, 5) is 64.5. The number of ether oxygens (including phenoxy) is 1. The number of fused-ring (bicyclic) bond motifs is 1. The minimum Gasteiger partial charge on any atom is -0.452 e. The fourth-order valence-corrected chi connectivity index (χ4v) is 8.32. The number of thioether (sulfide) groups is 1. The Morgan fingerprint density at radius 2 is 1.75 bits per heavy atom. The van der Waals surface area contributed by atoms with Crippen molar-refractivity contribution < 1.29 is 33.3 Å². The number of rotatable bonds is 13. The van der Waals surface area contributed by atoms with Crippen LogP contribution in [-0.2, 0) is 33.3 Å². The summed E-state index contributed by atoms with van der Waals surface area (Å²) >= 11 is 15.0.